The Labute approximate surface area is 227 Å². The molecule has 8 heteroatoms. The normalized spacial score (nSPS) is 17.1. The second-order valence-electron chi connectivity index (χ2n) is 9.06. The number of hydrogen-bond donors (Lipinski definition) is 1. The highest BCUT2D eigenvalue weighted by Gasteiger charge is 2.44. The van der Waals surface area contributed by atoms with Crippen LogP contribution < -0.4 is 19.7 Å². The molecule has 0 aliphatic carbocycles. The van der Waals surface area contributed by atoms with Crippen molar-refractivity contribution in [1.29, 1.82) is 0 Å². The third kappa shape index (κ3) is 4.32. The maximum absolute atomic E-state index is 6.38. The van der Waals surface area contributed by atoms with Gasteiger partial charge in [0, 0.05) is 39.9 Å². The van der Waals surface area contributed by atoms with Crippen LogP contribution in [0.2, 0.25) is 5.02 Å². The van der Waals surface area contributed by atoms with Crippen LogP contribution >= 0.6 is 23.8 Å². The molecule has 1 fully saturated rings. The Morgan fingerprint density at radius 1 is 0.946 bits per heavy atom. The fraction of sp³-hybridized carbons (Fsp3) is 0.241. The Morgan fingerprint density at radius 2 is 1.76 bits per heavy atom. The Hall–Kier alpha value is -3.55. The molecule has 0 unspecified atom stereocenters. The number of hydrogen-bond acceptors (Lipinski definition) is 4. The second kappa shape index (κ2) is 10.1. The summed E-state index contributed by atoms with van der Waals surface area (Å²) in [6.45, 7) is 6.46. The maximum Gasteiger partial charge on any atom is 0.174 e. The Morgan fingerprint density at radius 3 is 2.43 bits per heavy atom. The fourth-order valence-electron chi connectivity index (χ4n) is 5.34. The van der Waals surface area contributed by atoms with Crippen LogP contribution in [0.3, 0.4) is 0 Å². The van der Waals surface area contributed by atoms with Gasteiger partial charge in [0.25, 0.3) is 0 Å². The first-order chi connectivity index (χ1) is 17.8. The van der Waals surface area contributed by atoms with Gasteiger partial charge in [-0.2, -0.15) is 0 Å². The van der Waals surface area contributed by atoms with E-state index in [1.807, 2.05) is 60.8 Å². The van der Waals surface area contributed by atoms with E-state index in [9.17, 15) is 0 Å². The fourth-order valence-corrected chi connectivity index (χ4v) is 5.86. The molecule has 190 valence electrons. The molecule has 4 aromatic rings. The summed E-state index contributed by atoms with van der Waals surface area (Å²) in [5, 5.41) is 4.86. The van der Waals surface area contributed by atoms with Crippen molar-refractivity contribution in [1.82, 2.24) is 14.9 Å². The molecule has 1 aliphatic rings. The first-order valence-electron chi connectivity index (χ1n) is 12.0. The van der Waals surface area contributed by atoms with Gasteiger partial charge in [0.1, 0.15) is 11.5 Å². The van der Waals surface area contributed by atoms with Crippen LogP contribution in [-0.2, 0) is 0 Å². The van der Waals surface area contributed by atoms with Crippen molar-refractivity contribution in [2.75, 3.05) is 19.1 Å². The molecule has 6 nitrogen and oxygen atoms in total. The van der Waals surface area contributed by atoms with Crippen molar-refractivity contribution < 1.29 is 9.47 Å². The third-order valence-corrected chi connectivity index (χ3v) is 7.66. The molecule has 0 spiro atoms. The van der Waals surface area contributed by atoms with Crippen LogP contribution in [0.15, 0.2) is 66.9 Å². The van der Waals surface area contributed by atoms with Crippen LogP contribution in [0.25, 0.3) is 5.69 Å². The molecule has 3 heterocycles. The summed E-state index contributed by atoms with van der Waals surface area (Å²) in [4.78, 5) is 6.85. The third-order valence-electron chi connectivity index (χ3n) is 7.11. The van der Waals surface area contributed by atoms with E-state index in [0.29, 0.717) is 21.6 Å². The standard InChI is InChI=1S/C29H29ClN4O2S/c1-17-18(2)33(21-10-8-9-20(30)15-21)19(3)26(17)28-27(23-11-6-7-14-31-23)32-29(37)34(28)24-13-12-22(35-4)16-25(24)36-5/h6-16,27-28H,1-5H3,(H,32,37)/t27-,28+/m1/s1. The number of rotatable bonds is 6. The zero-order valence-corrected chi connectivity index (χ0v) is 23.0. The van der Waals surface area contributed by atoms with E-state index in [0.717, 1.165) is 28.5 Å². The van der Waals surface area contributed by atoms with E-state index in [4.69, 9.17) is 38.3 Å². The molecule has 0 amide bonds. The highest BCUT2D eigenvalue weighted by Crippen LogP contribution is 2.48. The molecule has 1 saturated heterocycles. The van der Waals surface area contributed by atoms with Gasteiger partial charge in [-0.05, 0) is 81.0 Å². The SMILES string of the molecule is COc1ccc(N2C(=S)N[C@H](c3ccccn3)[C@@H]2c2c(C)c(C)n(-c3cccc(Cl)c3)c2C)c(OC)c1. The van der Waals surface area contributed by atoms with Crippen LogP contribution in [-0.4, -0.2) is 28.9 Å². The summed E-state index contributed by atoms with van der Waals surface area (Å²) in [6.07, 6.45) is 1.82. The number of anilines is 1. The Kier molecular flexibility index (Phi) is 6.84. The van der Waals surface area contributed by atoms with Crippen molar-refractivity contribution in [3.63, 3.8) is 0 Å². The zero-order chi connectivity index (χ0) is 26.3. The van der Waals surface area contributed by atoms with E-state index in [-0.39, 0.29) is 12.1 Å². The molecule has 0 radical (unpaired) electrons. The van der Waals surface area contributed by atoms with Crippen molar-refractivity contribution in [3.05, 3.63) is 100 Å². The summed E-state index contributed by atoms with van der Waals surface area (Å²) >= 11 is 12.3. The number of halogens is 1. The number of nitrogens with zero attached hydrogens (tertiary/aromatic N) is 3. The van der Waals surface area contributed by atoms with Crippen LogP contribution in [0.1, 0.15) is 40.3 Å². The highest BCUT2D eigenvalue weighted by atomic mass is 35.5. The van der Waals surface area contributed by atoms with Gasteiger partial charge in [-0.15, -0.1) is 0 Å². The predicted octanol–water partition coefficient (Wildman–Crippen LogP) is 6.65. The molecule has 0 saturated carbocycles. The molecule has 1 aliphatic heterocycles. The molecule has 2 atom stereocenters. The summed E-state index contributed by atoms with van der Waals surface area (Å²) in [7, 11) is 3.30. The van der Waals surface area contributed by atoms with Crippen LogP contribution in [0.5, 0.6) is 11.5 Å². The van der Waals surface area contributed by atoms with E-state index < -0.39 is 0 Å². The van der Waals surface area contributed by atoms with E-state index in [2.05, 4.69) is 41.6 Å². The van der Waals surface area contributed by atoms with Crippen LogP contribution in [0.4, 0.5) is 5.69 Å². The van der Waals surface area contributed by atoms with Gasteiger partial charge in [0.05, 0.1) is 37.7 Å². The minimum Gasteiger partial charge on any atom is -0.497 e. The van der Waals surface area contributed by atoms with Crippen LogP contribution in [0, 0.1) is 20.8 Å². The lowest BCUT2D eigenvalue weighted by Gasteiger charge is -2.30. The number of nitrogens with one attached hydrogen (secondary N) is 1. The number of methoxy groups -OCH3 is 2. The lowest BCUT2D eigenvalue weighted by atomic mass is 9.93. The minimum atomic E-state index is -0.177. The Balaban J connectivity index is 1.75. The van der Waals surface area contributed by atoms with E-state index >= 15 is 0 Å². The number of thiocarbonyl (C=S) groups is 1. The van der Waals surface area contributed by atoms with Crippen molar-refractivity contribution in [2.45, 2.75) is 32.9 Å². The molecule has 5 rings (SSSR count). The minimum absolute atomic E-state index is 0.174. The number of benzene rings is 2. The number of ether oxygens (including phenoxy) is 2. The van der Waals surface area contributed by atoms with Gasteiger partial charge < -0.3 is 24.3 Å². The van der Waals surface area contributed by atoms with Gasteiger partial charge in [-0.25, -0.2) is 0 Å². The molecule has 2 aromatic carbocycles. The van der Waals surface area contributed by atoms with Gasteiger partial charge >= 0.3 is 0 Å². The average Bonchev–Trinajstić information content (AvgIpc) is 3.35. The summed E-state index contributed by atoms with van der Waals surface area (Å²) in [5.74, 6) is 1.39. The lowest BCUT2D eigenvalue weighted by Crippen LogP contribution is -2.30. The monoisotopic (exact) mass is 532 g/mol. The van der Waals surface area contributed by atoms with Crippen molar-refractivity contribution >= 4 is 34.6 Å². The first kappa shape index (κ1) is 25.1. The largest absolute Gasteiger partial charge is 0.497 e. The van der Waals surface area contributed by atoms with Crippen molar-refractivity contribution in [3.8, 4) is 17.2 Å². The summed E-state index contributed by atoms with van der Waals surface area (Å²) in [6, 6.07) is 19.3. The molecular weight excluding hydrogens is 504 g/mol. The average molecular weight is 533 g/mol. The number of pyridine rings is 1. The van der Waals surface area contributed by atoms with Gasteiger partial charge in [-0.3, -0.25) is 4.98 Å². The number of aromatic nitrogens is 2. The van der Waals surface area contributed by atoms with E-state index in [1.54, 1.807) is 14.2 Å². The van der Waals surface area contributed by atoms with Gasteiger partial charge in [0.2, 0.25) is 0 Å². The molecule has 1 N–H and O–H groups in total. The van der Waals surface area contributed by atoms with Gasteiger partial charge in [-0.1, -0.05) is 23.7 Å². The Bertz CT molecular complexity index is 1470. The molecule has 0 bridgehead atoms. The predicted molar refractivity (Wildman–Crippen MR) is 152 cm³/mol. The highest BCUT2D eigenvalue weighted by molar-refractivity contribution is 7.80. The van der Waals surface area contributed by atoms with Gasteiger partial charge in [0.15, 0.2) is 5.11 Å². The quantitative estimate of drug-likeness (QED) is 0.281. The molecular formula is C29H29ClN4O2S. The summed E-state index contributed by atoms with van der Waals surface area (Å²) < 4.78 is 13.5. The van der Waals surface area contributed by atoms with Crippen molar-refractivity contribution in [2.24, 2.45) is 0 Å². The lowest BCUT2D eigenvalue weighted by molar-refractivity contribution is 0.394. The molecule has 37 heavy (non-hydrogen) atoms. The summed E-state index contributed by atoms with van der Waals surface area (Å²) in [5.41, 5.74) is 7.42. The smallest absolute Gasteiger partial charge is 0.174 e. The zero-order valence-electron chi connectivity index (χ0n) is 21.4. The first-order valence-corrected chi connectivity index (χ1v) is 12.8. The topological polar surface area (TPSA) is 51.5 Å². The second-order valence-corrected chi connectivity index (χ2v) is 9.88. The van der Waals surface area contributed by atoms with E-state index in [1.165, 1.54) is 11.1 Å². The maximum atomic E-state index is 6.38. The molecule has 2 aromatic heterocycles.